The minimum Gasteiger partial charge on any atom is -0.870 e. The van der Waals surface area contributed by atoms with E-state index in [-0.39, 0.29) is 31.4 Å². The molecule has 0 aliphatic carbocycles. The number of benzene rings is 2. The van der Waals surface area contributed by atoms with Gasteiger partial charge >= 0.3 is 11.8 Å². The van der Waals surface area contributed by atoms with Crippen LogP contribution in [-0.4, -0.2) is 83.7 Å². The fraction of sp³-hybridized carbons (Fsp3) is 0.382. The molecule has 0 bridgehead atoms. The minimum absolute atomic E-state index is 0. The number of aryl methyl sites for hydroxylation is 1. The molecule has 1 heterocycles. The summed E-state index contributed by atoms with van der Waals surface area (Å²) < 4.78 is 2.49. The van der Waals surface area contributed by atoms with Gasteiger partial charge in [-0.05, 0) is 75.9 Å². The highest BCUT2D eigenvalue weighted by atomic mass is 16.2. The molecule has 9 N–H and O–H groups in total. The summed E-state index contributed by atoms with van der Waals surface area (Å²) in [5.41, 5.74) is 12.5. The Balaban J connectivity index is 0.00000833. The first kappa shape index (κ1) is 39.9. The molecule has 0 saturated carbocycles. The first-order valence-corrected chi connectivity index (χ1v) is 16.0. The van der Waals surface area contributed by atoms with Gasteiger partial charge in [0.25, 0.3) is 18.1 Å². The highest BCUT2D eigenvalue weighted by molar-refractivity contribution is 5.98. The second-order valence-corrected chi connectivity index (χ2v) is 11.2. The molecule has 49 heavy (non-hydrogen) atoms. The molecular weight excluding hydrogens is 632 g/mol. The molecule has 0 unspecified atom stereocenters. The van der Waals surface area contributed by atoms with Crippen LogP contribution in [0.5, 0.6) is 0 Å². The smallest absolute Gasteiger partial charge is 0.336 e. The Morgan fingerprint density at radius 1 is 0.694 bits per heavy atom. The van der Waals surface area contributed by atoms with Gasteiger partial charge in [-0.1, -0.05) is 36.4 Å². The summed E-state index contributed by atoms with van der Waals surface area (Å²) in [5, 5.41) is 10.5. The van der Waals surface area contributed by atoms with Crippen LogP contribution in [0.3, 0.4) is 0 Å². The molecular formula is C34H46N8O7. The van der Waals surface area contributed by atoms with Crippen molar-refractivity contribution in [1.82, 2.24) is 25.8 Å². The van der Waals surface area contributed by atoms with Crippen molar-refractivity contribution in [2.24, 2.45) is 11.5 Å². The first-order chi connectivity index (χ1) is 23.1. The third kappa shape index (κ3) is 12.7. The largest absolute Gasteiger partial charge is 0.870 e. The summed E-state index contributed by atoms with van der Waals surface area (Å²) in [6.07, 6.45) is 5.72. The molecule has 0 aliphatic heterocycles. The first-order valence-electron chi connectivity index (χ1n) is 16.0. The standard InChI is InChI=1S/C34H44N8O6.H2O/c1-24-22-41(33(47)27(16-8-10-18-35)39-29(43)20-37-31(45)25-12-4-2-5-13-25)23-42(24)34(48)28(17-9-11-19-36)40-30(44)21-38-32(46)26-14-6-3-7-15-26;/h2-7,12-15,22-23,27-28H,8-11,16-21,35-36H2,1H3,(H3-,37,38,39,40,43,44,45,46);1H2/t27-,28-;/m0./s1. The maximum Gasteiger partial charge on any atom is 0.336 e. The Morgan fingerprint density at radius 3 is 1.61 bits per heavy atom. The number of carbonyl (C=O) groups is 6. The van der Waals surface area contributed by atoms with Crippen LogP contribution in [0.25, 0.3) is 0 Å². The molecule has 3 rings (SSSR count). The van der Waals surface area contributed by atoms with Crippen LogP contribution in [-0.2, 0) is 9.59 Å². The number of rotatable bonds is 18. The molecule has 15 heteroatoms. The topological polar surface area (TPSA) is 241 Å². The Hall–Kier alpha value is -5.25. The summed E-state index contributed by atoms with van der Waals surface area (Å²) in [4.78, 5) is 77.7. The number of nitrogens with one attached hydrogen (secondary N) is 4. The molecule has 0 radical (unpaired) electrons. The van der Waals surface area contributed by atoms with E-state index in [1.165, 1.54) is 21.7 Å². The summed E-state index contributed by atoms with van der Waals surface area (Å²) >= 11 is 0. The normalized spacial score (nSPS) is 11.7. The Bertz CT molecular complexity index is 1550. The van der Waals surface area contributed by atoms with Gasteiger partial charge in [-0.2, -0.15) is 9.13 Å². The van der Waals surface area contributed by atoms with Crippen LogP contribution in [0, 0.1) is 6.92 Å². The molecule has 15 nitrogen and oxygen atoms in total. The van der Waals surface area contributed by atoms with Crippen LogP contribution in [0.1, 0.15) is 74.5 Å². The summed E-state index contributed by atoms with van der Waals surface area (Å²) in [5.74, 6) is -2.93. The molecule has 0 aliphatic rings. The minimum atomic E-state index is -0.958. The quantitative estimate of drug-likeness (QED) is 0.0798. The van der Waals surface area contributed by atoms with E-state index >= 15 is 0 Å². The second kappa shape index (κ2) is 20.9. The zero-order valence-electron chi connectivity index (χ0n) is 27.6. The number of aromatic nitrogens is 2. The molecule has 4 amide bonds. The van der Waals surface area contributed by atoms with Crippen LogP contribution in [0.15, 0.2) is 73.2 Å². The average molecular weight is 679 g/mol. The lowest BCUT2D eigenvalue weighted by atomic mass is 10.1. The predicted octanol–water partition coefficient (Wildman–Crippen LogP) is 0.275. The summed E-state index contributed by atoms with van der Waals surface area (Å²) in [6.45, 7) is 1.78. The van der Waals surface area contributed by atoms with Gasteiger partial charge in [0, 0.05) is 18.1 Å². The summed E-state index contributed by atoms with van der Waals surface area (Å²) in [6, 6.07) is 14.9. The van der Waals surface area contributed by atoms with Gasteiger partial charge in [-0.25, -0.2) is 9.59 Å². The van der Waals surface area contributed by atoms with Gasteiger partial charge in [-0.15, -0.1) is 0 Å². The Morgan fingerprint density at radius 2 is 1.14 bits per heavy atom. The number of hydrogen-bond acceptors (Lipinski definition) is 9. The molecule has 2 aromatic carbocycles. The zero-order valence-corrected chi connectivity index (χ0v) is 27.6. The van der Waals surface area contributed by atoms with E-state index < -0.39 is 47.5 Å². The number of amides is 4. The van der Waals surface area contributed by atoms with Gasteiger partial charge in [0.1, 0.15) is 24.0 Å². The van der Waals surface area contributed by atoms with E-state index in [1.54, 1.807) is 67.6 Å². The van der Waals surface area contributed by atoms with Crippen LogP contribution >= 0.6 is 0 Å². The number of nitrogens with two attached hydrogens (primary N) is 2. The molecule has 0 spiro atoms. The van der Waals surface area contributed by atoms with Crippen molar-refractivity contribution in [2.45, 2.75) is 57.5 Å². The summed E-state index contributed by atoms with van der Waals surface area (Å²) in [7, 11) is 0. The lowest BCUT2D eigenvalue weighted by Crippen LogP contribution is -2.56. The van der Waals surface area contributed by atoms with Crippen molar-refractivity contribution in [3.05, 3.63) is 90.0 Å². The lowest BCUT2D eigenvalue weighted by Gasteiger charge is -2.16. The van der Waals surface area contributed by atoms with Crippen LogP contribution in [0.2, 0.25) is 0 Å². The van der Waals surface area contributed by atoms with Crippen molar-refractivity contribution < 1.29 is 38.8 Å². The fourth-order valence-electron chi connectivity index (χ4n) is 4.91. The highest BCUT2D eigenvalue weighted by Crippen LogP contribution is 2.08. The van der Waals surface area contributed by atoms with Crippen molar-refractivity contribution in [3.8, 4) is 0 Å². The van der Waals surface area contributed by atoms with E-state index in [9.17, 15) is 28.8 Å². The van der Waals surface area contributed by atoms with Crippen LogP contribution < -0.4 is 37.3 Å². The van der Waals surface area contributed by atoms with E-state index in [4.69, 9.17) is 11.5 Å². The number of unbranched alkanes of at least 4 members (excludes halogenated alkanes) is 2. The molecule has 264 valence electrons. The Labute approximate surface area is 285 Å². The number of carbonyl (C=O) groups excluding carboxylic acids is 6. The van der Waals surface area contributed by atoms with Crippen molar-refractivity contribution in [1.29, 1.82) is 0 Å². The maximum absolute atomic E-state index is 13.7. The van der Waals surface area contributed by atoms with Gasteiger partial charge < -0.3 is 38.2 Å². The zero-order chi connectivity index (χ0) is 34.9. The molecule has 3 aromatic rings. The van der Waals surface area contributed by atoms with Gasteiger partial charge in [0.15, 0.2) is 0 Å². The van der Waals surface area contributed by atoms with Gasteiger partial charge in [-0.3, -0.25) is 19.2 Å². The molecule has 1 aromatic heterocycles. The maximum atomic E-state index is 13.7. The number of nitrogens with zero attached hydrogens (tertiary/aromatic N) is 2. The van der Waals surface area contributed by atoms with Crippen molar-refractivity contribution in [2.75, 3.05) is 26.2 Å². The predicted molar refractivity (Wildman–Crippen MR) is 180 cm³/mol. The van der Waals surface area contributed by atoms with E-state index in [2.05, 4.69) is 21.3 Å². The average Bonchev–Trinajstić information content (AvgIpc) is 3.50. The van der Waals surface area contributed by atoms with E-state index in [1.807, 2.05) is 0 Å². The molecule has 0 fully saturated rings. The number of hydrogen-bond donors (Lipinski definition) is 6. The fourth-order valence-corrected chi connectivity index (χ4v) is 4.91. The molecule has 2 atom stereocenters. The monoisotopic (exact) mass is 678 g/mol. The third-order valence-corrected chi connectivity index (χ3v) is 7.49. The molecule has 0 saturated heterocycles. The Kier molecular flexibility index (Phi) is 17.0. The van der Waals surface area contributed by atoms with Crippen LogP contribution in [0.4, 0.5) is 0 Å². The SMILES string of the molecule is Cc1c[n+](C(=O)[C@H](CCCCN)NC(=O)CNC(=O)c2ccccc2)cn1C(=O)[C@H](CCCCN)NC(=O)CNC(=O)c1ccccc1.[OH-]. The van der Waals surface area contributed by atoms with Gasteiger partial charge in [0.2, 0.25) is 11.8 Å². The van der Waals surface area contributed by atoms with Crippen molar-refractivity contribution in [3.63, 3.8) is 0 Å². The van der Waals surface area contributed by atoms with E-state index in [0.717, 1.165) is 0 Å². The second-order valence-electron chi connectivity index (χ2n) is 11.2. The van der Waals surface area contributed by atoms with Crippen molar-refractivity contribution >= 4 is 35.4 Å². The highest BCUT2D eigenvalue weighted by Gasteiger charge is 2.32. The number of imidazole rings is 1. The third-order valence-electron chi connectivity index (χ3n) is 7.49. The van der Waals surface area contributed by atoms with E-state index in [0.29, 0.717) is 55.6 Å². The van der Waals surface area contributed by atoms with Gasteiger partial charge in [0.05, 0.1) is 13.1 Å². The lowest BCUT2D eigenvalue weighted by molar-refractivity contribution is -0.574.